The molecule has 2 rings (SSSR count). The van der Waals surface area contributed by atoms with Crippen LogP contribution in [0.25, 0.3) is 0 Å². The lowest BCUT2D eigenvalue weighted by molar-refractivity contribution is 0.174. The van der Waals surface area contributed by atoms with Crippen LogP contribution in [-0.2, 0) is 0 Å². The third kappa shape index (κ3) is 1.22. The SMILES string of the molecule is Nc1c(Cl)c(Cl)c(N)c2c1OCCO2. The topological polar surface area (TPSA) is 70.5 Å². The first-order valence-electron chi connectivity index (χ1n) is 3.94. The van der Waals surface area contributed by atoms with Crippen molar-refractivity contribution in [1.82, 2.24) is 0 Å². The van der Waals surface area contributed by atoms with Gasteiger partial charge in [0.2, 0.25) is 0 Å². The minimum absolute atomic E-state index is 0.202. The Morgan fingerprint density at radius 3 is 1.57 bits per heavy atom. The Morgan fingerprint density at radius 2 is 1.21 bits per heavy atom. The quantitative estimate of drug-likeness (QED) is 0.674. The van der Waals surface area contributed by atoms with Crippen LogP contribution >= 0.6 is 23.2 Å². The van der Waals surface area contributed by atoms with E-state index in [1.807, 2.05) is 0 Å². The molecule has 1 aliphatic heterocycles. The first-order valence-corrected chi connectivity index (χ1v) is 4.70. The van der Waals surface area contributed by atoms with Gasteiger partial charge in [0.15, 0.2) is 11.5 Å². The molecule has 0 amide bonds. The van der Waals surface area contributed by atoms with Gasteiger partial charge in [-0.3, -0.25) is 0 Å². The summed E-state index contributed by atoms with van der Waals surface area (Å²) < 4.78 is 10.6. The Morgan fingerprint density at radius 1 is 0.857 bits per heavy atom. The van der Waals surface area contributed by atoms with Gasteiger partial charge in [-0.05, 0) is 0 Å². The van der Waals surface area contributed by atoms with Gasteiger partial charge in [0.05, 0.1) is 21.4 Å². The molecule has 6 heteroatoms. The fourth-order valence-electron chi connectivity index (χ4n) is 1.25. The van der Waals surface area contributed by atoms with Crippen molar-refractivity contribution in [3.05, 3.63) is 10.0 Å². The number of nitrogens with two attached hydrogens (primary N) is 2. The average molecular weight is 235 g/mol. The Bertz CT molecular complexity index is 359. The molecule has 0 saturated carbocycles. The van der Waals surface area contributed by atoms with E-state index in [0.29, 0.717) is 24.7 Å². The zero-order chi connectivity index (χ0) is 10.3. The Hall–Kier alpha value is -1.00. The fraction of sp³-hybridized carbons (Fsp3) is 0.250. The number of fused-ring (bicyclic) bond motifs is 1. The highest BCUT2D eigenvalue weighted by Crippen LogP contribution is 2.49. The molecule has 1 aromatic rings. The largest absolute Gasteiger partial charge is 0.484 e. The number of rotatable bonds is 0. The van der Waals surface area contributed by atoms with Crippen molar-refractivity contribution in [3.63, 3.8) is 0 Å². The summed E-state index contributed by atoms with van der Waals surface area (Å²) in [5.41, 5.74) is 11.9. The predicted molar refractivity (Wildman–Crippen MR) is 56.3 cm³/mol. The molecule has 4 N–H and O–H groups in total. The van der Waals surface area contributed by atoms with Crippen LogP contribution in [0.2, 0.25) is 10.0 Å². The van der Waals surface area contributed by atoms with Crippen LogP contribution in [0.4, 0.5) is 11.4 Å². The Kier molecular flexibility index (Phi) is 2.25. The third-order valence-corrected chi connectivity index (χ3v) is 2.82. The number of hydrogen-bond acceptors (Lipinski definition) is 4. The molecule has 1 heterocycles. The van der Waals surface area contributed by atoms with Gasteiger partial charge in [-0.1, -0.05) is 23.2 Å². The number of nitrogen functional groups attached to an aromatic ring is 2. The van der Waals surface area contributed by atoms with Crippen LogP contribution in [0, 0.1) is 0 Å². The lowest BCUT2D eigenvalue weighted by Gasteiger charge is -2.22. The number of anilines is 2. The molecule has 0 atom stereocenters. The minimum Gasteiger partial charge on any atom is -0.484 e. The molecule has 0 fully saturated rings. The van der Waals surface area contributed by atoms with Crippen LogP contribution in [0.5, 0.6) is 11.5 Å². The van der Waals surface area contributed by atoms with E-state index < -0.39 is 0 Å². The van der Waals surface area contributed by atoms with Crippen molar-refractivity contribution in [2.75, 3.05) is 24.7 Å². The lowest BCUT2D eigenvalue weighted by Crippen LogP contribution is -2.18. The number of ether oxygens (including phenoxy) is 2. The number of hydrogen-bond donors (Lipinski definition) is 2. The van der Waals surface area contributed by atoms with Crippen LogP contribution in [-0.4, -0.2) is 13.2 Å². The molecular formula is C8H8Cl2N2O2. The van der Waals surface area contributed by atoms with Crippen LogP contribution in [0.3, 0.4) is 0 Å². The highest BCUT2D eigenvalue weighted by Gasteiger charge is 2.24. The normalized spacial score (nSPS) is 14.1. The number of benzene rings is 1. The maximum atomic E-state index is 5.85. The molecule has 0 unspecified atom stereocenters. The molecule has 4 nitrogen and oxygen atoms in total. The molecule has 0 saturated heterocycles. The van der Waals surface area contributed by atoms with E-state index in [2.05, 4.69) is 0 Å². The van der Waals surface area contributed by atoms with Gasteiger partial charge in [0, 0.05) is 0 Å². The van der Waals surface area contributed by atoms with E-state index in [0.717, 1.165) is 0 Å². The molecule has 1 aromatic carbocycles. The maximum Gasteiger partial charge on any atom is 0.188 e. The van der Waals surface area contributed by atoms with Gasteiger partial charge < -0.3 is 20.9 Å². The summed E-state index contributed by atoms with van der Waals surface area (Å²) in [6.45, 7) is 0.850. The molecule has 76 valence electrons. The molecule has 14 heavy (non-hydrogen) atoms. The van der Waals surface area contributed by atoms with Gasteiger partial charge in [-0.2, -0.15) is 0 Å². The second-order valence-electron chi connectivity index (χ2n) is 2.81. The van der Waals surface area contributed by atoms with Crippen molar-refractivity contribution in [3.8, 4) is 11.5 Å². The summed E-state index contributed by atoms with van der Waals surface area (Å²) in [6, 6.07) is 0. The van der Waals surface area contributed by atoms with E-state index in [1.54, 1.807) is 0 Å². The first kappa shape index (κ1) is 9.55. The highest BCUT2D eigenvalue weighted by molar-refractivity contribution is 6.45. The molecule has 0 radical (unpaired) electrons. The van der Waals surface area contributed by atoms with E-state index in [1.165, 1.54) is 0 Å². The monoisotopic (exact) mass is 234 g/mol. The van der Waals surface area contributed by atoms with Crippen molar-refractivity contribution in [2.24, 2.45) is 0 Å². The van der Waals surface area contributed by atoms with Crippen LogP contribution in [0.1, 0.15) is 0 Å². The average Bonchev–Trinajstić information content (AvgIpc) is 2.23. The summed E-state index contributed by atoms with van der Waals surface area (Å²) in [5.74, 6) is 0.756. The van der Waals surface area contributed by atoms with E-state index in [9.17, 15) is 0 Å². The first-order chi connectivity index (χ1) is 6.63. The third-order valence-electron chi connectivity index (χ3n) is 1.94. The zero-order valence-electron chi connectivity index (χ0n) is 7.14. The minimum atomic E-state index is 0.202. The summed E-state index contributed by atoms with van der Waals surface area (Å²) in [6.07, 6.45) is 0. The zero-order valence-corrected chi connectivity index (χ0v) is 8.65. The van der Waals surface area contributed by atoms with Crippen molar-refractivity contribution < 1.29 is 9.47 Å². The molecule has 0 spiro atoms. The molecular weight excluding hydrogens is 227 g/mol. The summed E-state index contributed by atoms with van der Waals surface area (Å²) in [7, 11) is 0. The van der Waals surface area contributed by atoms with E-state index in [4.69, 9.17) is 44.1 Å². The van der Waals surface area contributed by atoms with E-state index >= 15 is 0 Å². The second-order valence-corrected chi connectivity index (χ2v) is 3.57. The lowest BCUT2D eigenvalue weighted by atomic mass is 10.2. The highest BCUT2D eigenvalue weighted by atomic mass is 35.5. The summed E-state index contributed by atoms with van der Waals surface area (Å²) in [4.78, 5) is 0. The Labute approximate surface area is 90.7 Å². The molecule has 0 bridgehead atoms. The van der Waals surface area contributed by atoms with Crippen LogP contribution < -0.4 is 20.9 Å². The van der Waals surface area contributed by atoms with Gasteiger partial charge in [0.1, 0.15) is 13.2 Å². The smallest absolute Gasteiger partial charge is 0.188 e. The van der Waals surface area contributed by atoms with Gasteiger partial charge in [-0.15, -0.1) is 0 Å². The van der Waals surface area contributed by atoms with Gasteiger partial charge in [0.25, 0.3) is 0 Å². The van der Waals surface area contributed by atoms with E-state index in [-0.39, 0.29) is 21.4 Å². The summed E-state index contributed by atoms with van der Waals surface area (Å²) >= 11 is 11.7. The predicted octanol–water partition coefficient (Wildman–Crippen LogP) is 1.93. The van der Waals surface area contributed by atoms with Gasteiger partial charge >= 0.3 is 0 Å². The van der Waals surface area contributed by atoms with Gasteiger partial charge in [-0.25, -0.2) is 0 Å². The molecule has 1 aliphatic rings. The summed E-state index contributed by atoms with van der Waals surface area (Å²) in [5, 5.41) is 0.404. The molecule has 0 aliphatic carbocycles. The Balaban J connectivity index is 2.71. The maximum absolute atomic E-state index is 5.85. The second kappa shape index (κ2) is 3.29. The van der Waals surface area contributed by atoms with Crippen molar-refractivity contribution >= 4 is 34.6 Å². The van der Waals surface area contributed by atoms with Crippen LogP contribution in [0.15, 0.2) is 0 Å². The molecule has 0 aromatic heterocycles. The van der Waals surface area contributed by atoms with Crippen molar-refractivity contribution in [2.45, 2.75) is 0 Å². The fourth-order valence-corrected chi connectivity index (χ4v) is 1.63. The van der Waals surface area contributed by atoms with Crippen molar-refractivity contribution in [1.29, 1.82) is 0 Å². The standard InChI is InChI=1S/C8H8Cl2N2O2/c9-3-4(10)6(12)8-7(5(3)11)13-1-2-14-8/h1-2,11-12H2. The number of halogens is 2.